The largest absolute Gasteiger partial charge is 0.507 e. The quantitative estimate of drug-likeness (QED) is 0.157. The number of rotatable bonds is 9. The fraction of sp³-hybridized carbons (Fsp3) is 0.273. The summed E-state index contributed by atoms with van der Waals surface area (Å²) in [6.45, 7) is 10.0. The second-order valence-corrected chi connectivity index (χ2v) is 21.1. The van der Waals surface area contributed by atoms with Crippen LogP contribution in [0, 0.1) is 0 Å². The van der Waals surface area contributed by atoms with Crippen LogP contribution < -0.4 is 0 Å². The third kappa shape index (κ3) is 9.49. The van der Waals surface area contributed by atoms with Gasteiger partial charge in [-0.2, -0.15) is 0 Å². The Kier molecular flexibility index (Phi) is 9.44. The number of aromatic nitrogens is 3. The first-order chi connectivity index (χ1) is 37.5. The van der Waals surface area contributed by atoms with Gasteiger partial charge in [-0.25, -0.2) is 4.98 Å². The second-order valence-electron chi connectivity index (χ2n) is 21.1. The highest BCUT2D eigenvalue weighted by atomic mass is 16.3. The molecule has 9 aromatic rings. The maximum absolute atomic E-state index is 12.6. The number of nitrogens with zero attached hydrogens (tertiary/aromatic N) is 3. The third-order valence-electron chi connectivity index (χ3n) is 13.4. The molecule has 0 saturated heterocycles. The van der Waals surface area contributed by atoms with Gasteiger partial charge in [0.2, 0.25) is 0 Å². The van der Waals surface area contributed by atoms with Crippen molar-refractivity contribution in [1.82, 2.24) is 14.5 Å². The second kappa shape index (κ2) is 18.4. The number of pyridine rings is 1. The number of para-hydroxylation sites is 1. The summed E-state index contributed by atoms with van der Waals surface area (Å²) in [5.41, 5.74) is 10.1. The van der Waals surface area contributed by atoms with Crippen molar-refractivity contribution in [2.45, 2.75) is 118 Å². The fourth-order valence-electron chi connectivity index (χ4n) is 9.22. The predicted molar refractivity (Wildman–Crippen MR) is 297 cm³/mol. The van der Waals surface area contributed by atoms with Crippen molar-refractivity contribution < 1.29 is 20.2 Å². The number of hydrogen-bond donors (Lipinski definition) is 1. The summed E-state index contributed by atoms with van der Waals surface area (Å²) in [4.78, 5) is 10.4. The lowest BCUT2D eigenvalue weighted by Gasteiger charge is -2.24. The Balaban J connectivity index is 1.30. The van der Waals surface area contributed by atoms with Crippen LogP contribution in [-0.2, 0) is 16.2 Å². The molecular formula is C66H69N3O. The highest BCUT2D eigenvalue weighted by Gasteiger charge is 2.27. The molecule has 0 spiro atoms. The van der Waals surface area contributed by atoms with Gasteiger partial charge in [-0.15, -0.1) is 0 Å². The standard InChI is InChI=1S/C66H69N3O/c1-41(2)47-37-55(42(3)4)62(70)57(38-47)63-68-61-54(20-17-21-60(61)69(63)59-31-30-53(66(11,12)13)40-56(59)45-24-28-52(29-25-45)65(8,9)10)49-34-48(43-18-15-14-16-19-43)35-50(36-49)58-39-46(32-33-67-58)44-22-26-51(27-23-44)64(5,6)7/h14-42,70H,1-13H3/i5D3,6D3,7D3,41D,42D. The van der Waals surface area contributed by atoms with Crippen LogP contribution in [-0.4, -0.2) is 19.6 Å². The summed E-state index contributed by atoms with van der Waals surface area (Å²) < 4.78 is 94.9. The van der Waals surface area contributed by atoms with E-state index in [1.165, 1.54) is 17.7 Å². The topological polar surface area (TPSA) is 50.9 Å². The molecule has 7 aromatic carbocycles. The van der Waals surface area contributed by atoms with Crippen molar-refractivity contribution in [3.8, 4) is 78.6 Å². The van der Waals surface area contributed by atoms with Crippen molar-refractivity contribution in [3.63, 3.8) is 0 Å². The molecule has 2 heterocycles. The minimum atomic E-state index is -3.39. The lowest BCUT2D eigenvalue weighted by Crippen LogP contribution is -2.12. The van der Waals surface area contributed by atoms with Gasteiger partial charge >= 0.3 is 0 Å². The van der Waals surface area contributed by atoms with Crippen LogP contribution in [0.25, 0.3) is 83.9 Å². The van der Waals surface area contributed by atoms with Crippen molar-refractivity contribution in [2.24, 2.45) is 0 Å². The lowest BCUT2D eigenvalue weighted by molar-refractivity contribution is 0.466. The third-order valence-corrected chi connectivity index (χ3v) is 13.4. The first kappa shape index (κ1) is 36.0. The van der Waals surface area contributed by atoms with Gasteiger partial charge in [-0.05, 0) is 144 Å². The summed E-state index contributed by atoms with van der Waals surface area (Å²) in [7, 11) is 0. The van der Waals surface area contributed by atoms with Gasteiger partial charge in [0.15, 0.2) is 0 Å². The fourth-order valence-corrected chi connectivity index (χ4v) is 9.22. The molecule has 0 amide bonds. The van der Waals surface area contributed by atoms with E-state index in [1.54, 1.807) is 58.2 Å². The van der Waals surface area contributed by atoms with Crippen LogP contribution in [0.2, 0.25) is 0 Å². The number of aromatic hydroxyl groups is 1. The first-order valence-corrected chi connectivity index (χ1v) is 23.9. The first-order valence-electron chi connectivity index (χ1n) is 29.4. The molecular weight excluding hydrogens is 851 g/mol. The Morgan fingerprint density at radius 3 is 1.76 bits per heavy atom. The van der Waals surface area contributed by atoms with Crippen LogP contribution in [0.1, 0.15) is 144 Å². The van der Waals surface area contributed by atoms with Crippen LogP contribution in [0.4, 0.5) is 0 Å². The minimum Gasteiger partial charge on any atom is -0.507 e. The Morgan fingerprint density at radius 2 is 1.11 bits per heavy atom. The van der Waals surface area contributed by atoms with Crippen molar-refractivity contribution in [1.29, 1.82) is 0 Å². The van der Waals surface area contributed by atoms with E-state index in [-0.39, 0.29) is 22.1 Å². The molecule has 9 rings (SSSR count). The number of fused-ring (bicyclic) bond motifs is 1. The van der Waals surface area contributed by atoms with Crippen LogP contribution in [0.5, 0.6) is 5.75 Å². The molecule has 4 heteroatoms. The molecule has 0 bridgehead atoms. The maximum atomic E-state index is 12.6. The number of hydrogen-bond acceptors (Lipinski definition) is 3. The van der Waals surface area contributed by atoms with E-state index in [9.17, 15) is 7.85 Å². The SMILES string of the molecule is [2H]C(C)(C)c1cc(-c2nc3c(-c4cc(-c5ccccc5)cc(-c5cc(-c6ccc(C(C([2H])([2H])[2H])(C([2H])([2H])[2H])C([2H])([2H])[2H])cc6)ccn5)c4)cccc3n2-c2ccc(C(C)(C)C)cc2-c2ccc(C(C)(C)C)cc2)c(O)c(C([2H])(C)C)c1. The van der Waals surface area contributed by atoms with Gasteiger partial charge in [-0.1, -0.05) is 193 Å². The van der Waals surface area contributed by atoms with Gasteiger partial charge in [0.05, 0.1) is 28.0 Å². The smallest absolute Gasteiger partial charge is 0.149 e. The number of imidazole rings is 1. The van der Waals surface area contributed by atoms with Crippen molar-refractivity contribution in [3.05, 3.63) is 192 Å². The molecule has 0 atom stereocenters. The average Bonchev–Trinajstić information content (AvgIpc) is 3.88. The molecule has 0 radical (unpaired) electrons. The van der Waals surface area contributed by atoms with Gasteiger partial charge in [0, 0.05) is 38.0 Å². The molecule has 0 aliphatic heterocycles. The normalized spacial score (nSPS) is 15.5. The van der Waals surface area contributed by atoms with Gasteiger partial charge in [-0.3, -0.25) is 9.55 Å². The van der Waals surface area contributed by atoms with Crippen LogP contribution in [0.15, 0.2) is 164 Å². The average molecular weight is 931 g/mol. The van der Waals surface area contributed by atoms with E-state index in [2.05, 4.69) is 101 Å². The van der Waals surface area contributed by atoms with Gasteiger partial charge in [0.25, 0.3) is 0 Å². The summed E-state index contributed by atoms with van der Waals surface area (Å²) in [5.74, 6) is -2.02. The monoisotopic (exact) mass is 931 g/mol. The molecule has 0 unspecified atom stereocenters. The zero-order chi connectivity index (χ0) is 59.2. The predicted octanol–water partition coefficient (Wildman–Crippen LogP) is 18.3. The Bertz CT molecular complexity index is 3770. The van der Waals surface area contributed by atoms with E-state index < -0.39 is 37.8 Å². The molecule has 70 heavy (non-hydrogen) atoms. The van der Waals surface area contributed by atoms with E-state index in [0.29, 0.717) is 44.9 Å². The summed E-state index contributed by atoms with van der Waals surface area (Å²) >= 11 is 0. The minimum absolute atomic E-state index is 0.0770. The summed E-state index contributed by atoms with van der Waals surface area (Å²) in [5, 5.41) is 12.6. The molecule has 0 saturated carbocycles. The maximum Gasteiger partial charge on any atom is 0.149 e. The zero-order valence-electron chi connectivity index (χ0n) is 52.9. The van der Waals surface area contributed by atoms with Crippen molar-refractivity contribution >= 4 is 11.0 Å². The van der Waals surface area contributed by atoms with E-state index in [0.717, 1.165) is 55.7 Å². The molecule has 4 nitrogen and oxygen atoms in total. The van der Waals surface area contributed by atoms with Crippen molar-refractivity contribution in [2.75, 3.05) is 0 Å². The van der Waals surface area contributed by atoms with Crippen LogP contribution in [0.3, 0.4) is 0 Å². The molecule has 0 aliphatic carbocycles. The highest BCUT2D eigenvalue weighted by molar-refractivity contribution is 5.98. The summed E-state index contributed by atoms with van der Waals surface area (Å²) in [6, 6.07) is 50.4. The Morgan fingerprint density at radius 1 is 0.500 bits per heavy atom. The molecule has 1 N–H and O–H groups in total. The van der Waals surface area contributed by atoms with E-state index in [1.807, 2.05) is 66.7 Å². The molecule has 0 aliphatic rings. The number of phenols is 1. The molecule has 2 aromatic heterocycles. The highest BCUT2D eigenvalue weighted by Crippen LogP contribution is 2.45. The van der Waals surface area contributed by atoms with Gasteiger partial charge in [0.1, 0.15) is 11.6 Å². The Labute approximate surface area is 432 Å². The Hall–Kier alpha value is -7.04. The molecule has 354 valence electrons. The van der Waals surface area contributed by atoms with E-state index in [4.69, 9.17) is 22.3 Å². The lowest BCUT2D eigenvalue weighted by atomic mass is 9.83. The zero-order valence-corrected chi connectivity index (χ0v) is 41.9. The van der Waals surface area contributed by atoms with E-state index >= 15 is 0 Å². The van der Waals surface area contributed by atoms with Crippen LogP contribution >= 0.6 is 0 Å². The number of phenolic OH excluding ortho intramolecular Hbond substituents is 1. The molecule has 0 fully saturated rings. The van der Waals surface area contributed by atoms with Gasteiger partial charge < -0.3 is 5.11 Å². The summed E-state index contributed by atoms with van der Waals surface area (Å²) in [6.07, 6.45) is 1.66. The number of benzene rings is 7.